The molecule has 0 unspecified atom stereocenters. The van der Waals surface area contributed by atoms with Gasteiger partial charge in [-0.3, -0.25) is 4.79 Å². The quantitative estimate of drug-likeness (QED) is 0.547. The first-order valence-corrected chi connectivity index (χ1v) is 8.74. The summed E-state index contributed by atoms with van der Waals surface area (Å²) in [7, 11) is -1.16. The van der Waals surface area contributed by atoms with Gasteiger partial charge in [0, 0.05) is 6.42 Å². The van der Waals surface area contributed by atoms with Gasteiger partial charge in [-0.05, 0) is 19.5 Å². The second-order valence-corrected chi connectivity index (χ2v) is 9.72. The average Bonchev–Trinajstić information content (AvgIpc) is 1.95. The Hall–Kier alpha value is 0.197. The van der Waals surface area contributed by atoms with E-state index in [1.54, 1.807) is 0 Å². The van der Waals surface area contributed by atoms with Gasteiger partial charge in [-0.15, -0.1) is 12.6 Å². The zero-order valence-corrected chi connectivity index (χ0v) is 11.0. The van der Waals surface area contributed by atoms with Crippen LogP contribution in [0.3, 0.4) is 0 Å². The molecule has 0 saturated carbocycles. The molecule has 0 aliphatic carbocycles. The Labute approximate surface area is 88.2 Å². The van der Waals surface area contributed by atoms with Crippen molar-refractivity contribution < 1.29 is 4.79 Å². The third kappa shape index (κ3) is 6.29. The van der Waals surface area contributed by atoms with E-state index in [0.717, 1.165) is 19.5 Å². The van der Waals surface area contributed by atoms with E-state index < -0.39 is 8.24 Å². The number of thiol groups is 1. The lowest BCUT2D eigenvalue weighted by molar-refractivity contribution is -0.110. The minimum Gasteiger partial charge on any atom is -0.324 e. The Balaban J connectivity index is 3.80. The minimum atomic E-state index is -1.16. The van der Waals surface area contributed by atoms with Crippen LogP contribution in [0.1, 0.15) is 19.8 Å². The van der Waals surface area contributed by atoms with Crippen LogP contribution in [0.4, 0.5) is 0 Å². The van der Waals surface area contributed by atoms with E-state index >= 15 is 0 Å². The summed E-state index contributed by atoms with van der Waals surface area (Å²) in [5, 5.41) is 0.00614. The molecule has 0 aromatic heterocycles. The summed E-state index contributed by atoms with van der Waals surface area (Å²) in [5.41, 5.74) is 0. The second kappa shape index (κ2) is 5.83. The largest absolute Gasteiger partial charge is 0.324 e. The molecule has 0 saturated heterocycles. The molecule has 0 aliphatic rings. The fourth-order valence-electron chi connectivity index (χ4n) is 1.39. The summed E-state index contributed by atoms with van der Waals surface area (Å²) in [5.74, 6) is 0. The maximum Gasteiger partial charge on any atom is 0.185 e. The summed E-state index contributed by atoms with van der Waals surface area (Å²) in [6.45, 7) is 11.3. The number of hydrogen-bond acceptors (Lipinski definition) is 2. The first-order chi connectivity index (χ1) is 5.88. The molecule has 0 rings (SSSR count). The summed E-state index contributed by atoms with van der Waals surface area (Å²) in [6, 6.07) is 0. The second-order valence-electron chi connectivity index (χ2n) is 4.25. The van der Waals surface area contributed by atoms with Crippen molar-refractivity contribution in [2.45, 2.75) is 39.4 Å². The lowest BCUT2D eigenvalue weighted by Crippen LogP contribution is -2.46. The maximum absolute atomic E-state index is 10.6. The zero-order valence-electron chi connectivity index (χ0n) is 9.13. The molecule has 78 valence electrons. The Morgan fingerprint density at radius 1 is 1.38 bits per heavy atom. The number of carbonyl (C=O) groups excluding carboxylic acids is 1. The van der Waals surface area contributed by atoms with Crippen LogP contribution in [-0.4, -0.2) is 31.0 Å². The molecule has 0 atom stereocenters. The highest BCUT2D eigenvalue weighted by Gasteiger charge is 2.21. The predicted molar refractivity (Wildman–Crippen MR) is 63.8 cm³/mol. The topological polar surface area (TPSA) is 20.3 Å². The summed E-state index contributed by atoms with van der Waals surface area (Å²) >= 11 is 3.76. The van der Waals surface area contributed by atoms with Crippen LogP contribution in [0.5, 0.6) is 0 Å². The lowest BCUT2D eigenvalue weighted by Gasteiger charge is -2.32. The molecule has 0 radical (unpaired) electrons. The number of hydrogen-bond donors (Lipinski definition) is 1. The number of carbonyl (C=O) groups is 1. The van der Waals surface area contributed by atoms with E-state index in [2.05, 4.69) is 43.8 Å². The molecule has 0 bridgehead atoms. The van der Waals surface area contributed by atoms with Crippen LogP contribution in [0.15, 0.2) is 0 Å². The van der Waals surface area contributed by atoms with Crippen LogP contribution in [0, 0.1) is 0 Å². The van der Waals surface area contributed by atoms with Gasteiger partial charge < -0.3 is 4.57 Å². The molecule has 0 aliphatic heterocycles. The van der Waals surface area contributed by atoms with Crippen molar-refractivity contribution in [1.82, 2.24) is 4.57 Å². The van der Waals surface area contributed by atoms with E-state index in [-0.39, 0.29) is 5.12 Å². The van der Waals surface area contributed by atoms with E-state index in [9.17, 15) is 4.79 Å². The van der Waals surface area contributed by atoms with Gasteiger partial charge in [0.05, 0.1) is 0 Å². The first-order valence-electron chi connectivity index (χ1n) is 4.84. The van der Waals surface area contributed by atoms with Crippen molar-refractivity contribution in [1.29, 1.82) is 0 Å². The summed E-state index contributed by atoms with van der Waals surface area (Å²) < 4.78 is 2.50. The molecule has 0 aromatic rings. The normalized spacial score (nSPS) is 12.2. The van der Waals surface area contributed by atoms with Crippen molar-refractivity contribution >= 4 is 26.0 Å². The SMILES string of the molecule is CCN(CCCC(=O)S)[Si](C)(C)C. The number of rotatable bonds is 6. The molecule has 0 fully saturated rings. The average molecular weight is 219 g/mol. The fraction of sp³-hybridized carbons (Fsp3) is 0.889. The third-order valence-electron chi connectivity index (χ3n) is 2.15. The standard InChI is InChI=1S/C9H21NOSSi/c1-5-10(13(2,3)4)8-6-7-9(11)12/h5-8H2,1-4H3,(H,11,12). The smallest absolute Gasteiger partial charge is 0.185 e. The van der Waals surface area contributed by atoms with Crippen LogP contribution in [0.2, 0.25) is 19.6 Å². The molecule has 0 aromatic carbocycles. The molecule has 0 heterocycles. The van der Waals surface area contributed by atoms with Crippen LogP contribution in [0.25, 0.3) is 0 Å². The monoisotopic (exact) mass is 219 g/mol. The van der Waals surface area contributed by atoms with E-state index in [1.165, 1.54) is 0 Å². The van der Waals surface area contributed by atoms with E-state index in [4.69, 9.17) is 0 Å². The van der Waals surface area contributed by atoms with Crippen molar-refractivity contribution in [3.63, 3.8) is 0 Å². The Morgan fingerprint density at radius 2 is 1.92 bits per heavy atom. The molecule has 2 nitrogen and oxygen atoms in total. The molecule has 0 spiro atoms. The molecular weight excluding hydrogens is 198 g/mol. The van der Waals surface area contributed by atoms with Gasteiger partial charge in [0.25, 0.3) is 0 Å². The minimum absolute atomic E-state index is 0.00614. The highest BCUT2D eigenvalue weighted by molar-refractivity contribution is 7.96. The first kappa shape index (κ1) is 13.2. The van der Waals surface area contributed by atoms with Gasteiger partial charge in [0.15, 0.2) is 5.12 Å². The molecule has 0 amide bonds. The predicted octanol–water partition coefficient (Wildman–Crippen LogP) is 2.38. The fourth-order valence-corrected chi connectivity index (χ4v) is 3.32. The van der Waals surface area contributed by atoms with Gasteiger partial charge in [0.2, 0.25) is 0 Å². The van der Waals surface area contributed by atoms with E-state index in [1.807, 2.05) is 0 Å². The van der Waals surface area contributed by atoms with Crippen LogP contribution < -0.4 is 0 Å². The highest BCUT2D eigenvalue weighted by atomic mass is 32.1. The van der Waals surface area contributed by atoms with Crippen LogP contribution >= 0.6 is 12.6 Å². The molecule has 4 heteroatoms. The Morgan fingerprint density at radius 3 is 2.23 bits per heavy atom. The number of nitrogens with zero attached hydrogens (tertiary/aromatic N) is 1. The van der Waals surface area contributed by atoms with Gasteiger partial charge in [-0.1, -0.05) is 26.6 Å². The maximum atomic E-state index is 10.6. The van der Waals surface area contributed by atoms with Crippen molar-refractivity contribution in [3.8, 4) is 0 Å². The Kier molecular flexibility index (Phi) is 5.92. The van der Waals surface area contributed by atoms with Crippen molar-refractivity contribution in [2.24, 2.45) is 0 Å². The Bertz CT molecular complexity index is 167. The molecule has 13 heavy (non-hydrogen) atoms. The van der Waals surface area contributed by atoms with Gasteiger partial charge >= 0.3 is 0 Å². The molecule has 0 N–H and O–H groups in total. The molecular formula is C9H21NOSSi. The van der Waals surface area contributed by atoms with Crippen molar-refractivity contribution in [3.05, 3.63) is 0 Å². The van der Waals surface area contributed by atoms with E-state index in [0.29, 0.717) is 6.42 Å². The highest BCUT2D eigenvalue weighted by Crippen LogP contribution is 2.10. The van der Waals surface area contributed by atoms with Crippen LogP contribution in [-0.2, 0) is 4.79 Å². The van der Waals surface area contributed by atoms with Gasteiger partial charge in [-0.25, -0.2) is 0 Å². The summed E-state index contributed by atoms with van der Waals surface area (Å²) in [4.78, 5) is 10.6. The van der Waals surface area contributed by atoms with Crippen molar-refractivity contribution in [2.75, 3.05) is 13.1 Å². The van der Waals surface area contributed by atoms with Gasteiger partial charge in [0.1, 0.15) is 8.24 Å². The zero-order chi connectivity index (χ0) is 10.5. The van der Waals surface area contributed by atoms with Gasteiger partial charge in [-0.2, -0.15) is 0 Å². The summed E-state index contributed by atoms with van der Waals surface area (Å²) in [6.07, 6.45) is 1.55. The lowest BCUT2D eigenvalue weighted by atomic mass is 10.3. The third-order valence-corrected chi connectivity index (χ3v) is 4.81.